The largest absolute Gasteiger partial charge is 0.490 e. The molecule has 0 fully saturated rings. The summed E-state index contributed by atoms with van der Waals surface area (Å²) in [4.78, 5) is 34.4. The molecule has 0 bridgehead atoms. The molecule has 0 saturated heterocycles. The topological polar surface area (TPSA) is 110 Å². The molecule has 8 nitrogen and oxygen atoms in total. The minimum absolute atomic E-state index is 0.0227. The number of rotatable bonds is 6. The van der Waals surface area contributed by atoms with Crippen LogP contribution in [0.25, 0.3) is 0 Å². The van der Waals surface area contributed by atoms with Crippen LogP contribution in [0.5, 0.6) is 5.75 Å². The van der Waals surface area contributed by atoms with Gasteiger partial charge in [-0.2, -0.15) is 0 Å². The van der Waals surface area contributed by atoms with Crippen molar-refractivity contribution in [2.45, 2.75) is 6.92 Å². The van der Waals surface area contributed by atoms with E-state index in [0.717, 1.165) is 0 Å². The van der Waals surface area contributed by atoms with Crippen molar-refractivity contribution in [3.8, 4) is 5.75 Å². The fraction of sp³-hybridized carbons (Fsp3) is 0.385. The summed E-state index contributed by atoms with van der Waals surface area (Å²) in [6.45, 7) is 1.52. The van der Waals surface area contributed by atoms with Crippen molar-refractivity contribution in [3.05, 3.63) is 33.9 Å². The third-order valence-corrected chi connectivity index (χ3v) is 2.94. The van der Waals surface area contributed by atoms with Crippen LogP contribution in [0.2, 0.25) is 0 Å². The maximum Gasteiger partial charge on any atom is 0.310 e. The first-order valence-electron chi connectivity index (χ1n) is 6.08. The van der Waals surface area contributed by atoms with Crippen molar-refractivity contribution < 1.29 is 24.4 Å². The van der Waals surface area contributed by atoms with Crippen molar-refractivity contribution >= 4 is 17.6 Å². The minimum Gasteiger partial charge on any atom is -0.490 e. The van der Waals surface area contributed by atoms with Crippen LogP contribution >= 0.6 is 0 Å². The predicted octanol–water partition coefficient (Wildman–Crippen LogP) is 1.40. The molecule has 1 unspecified atom stereocenters. The Labute approximate surface area is 121 Å². The molecule has 0 heterocycles. The number of carboxylic acid groups (broad SMARTS) is 1. The van der Waals surface area contributed by atoms with Gasteiger partial charge in [-0.05, 0) is 6.07 Å². The van der Waals surface area contributed by atoms with E-state index in [0.29, 0.717) is 0 Å². The SMILES string of the molecule is COc1cc(C(=O)N(C)CC(C)C(=O)O)ccc1[N+](=O)[O-]. The average Bonchev–Trinajstić information content (AvgIpc) is 2.45. The van der Waals surface area contributed by atoms with Crippen LogP contribution in [0.15, 0.2) is 18.2 Å². The van der Waals surface area contributed by atoms with E-state index < -0.39 is 22.7 Å². The number of carbonyl (C=O) groups is 2. The fourth-order valence-corrected chi connectivity index (χ4v) is 1.75. The number of amides is 1. The van der Waals surface area contributed by atoms with E-state index in [1.165, 1.54) is 44.2 Å². The molecule has 1 atom stereocenters. The number of nitrogens with zero attached hydrogens (tertiary/aromatic N) is 2. The summed E-state index contributed by atoms with van der Waals surface area (Å²) in [6.07, 6.45) is 0. The first kappa shape index (κ1) is 16.4. The van der Waals surface area contributed by atoms with E-state index in [2.05, 4.69) is 0 Å². The normalized spacial score (nSPS) is 11.6. The maximum absolute atomic E-state index is 12.2. The summed E-state index contributed by atoms with van der Waals surface area (Å²) < 4.78 is 4.89. The molecule has 1 amide bonds. The Bertz CT molecular complexity index is 572. The lowest BCUT2D eigenvalue weighted by molar-refractivity contribution is -0.385. The van der Waals surface area contributed by atoms with Crippen LogP contribution in [-0.4, -0.2) is 47.5 Å². The molecule has 0 aliphatic rings. The Hall–Kier alpha value is -2.64. The zero-order valence-electron chi connectivity index (χ0n) is 11.9. The standard InChI is InChI=1S/C13H16N2O6/c1-8(13(17)18)7-14(2)12(16)9-4-5-10(15(19)20)11(6-9)21-3/h4-6,8H,7H2,1-3H3,(H,17,18). The Morgan fingerprint density at radius 3 is 2.57 bits per heavy atom. The molecule has 114 valence electrons. The number of carbonyl (C=O) groups excluding carboxylic acids is 1. The van der Waals surface area contributed by atoms with E-state index in [9.17, 15) is 19.7 Å². The molecule has 0 spiro atoms. The molecule has 1 aromatic carbocycles. The third-order valence-electron chi connectivity index (χ3n) is 2.94. The van der Waals surface area contributed by atoms with Crippen LogP contribution in [-0.2, 0) is 4.79 Å². The second kappa shape index (κ2) is 6.69. The highest BCUT2D eigenvalue weighted by molar-refractivity contribution is 5.95. The zero-order chi connectivity index (χ0) is 16.2. The van der Waals surface area contributed by atoms with Crippen LogP contribution < -0.4 is 4.74 Å². The van der Waals surface area contributed by atoms with Gasteiger partial charge in [-0.3, -0.25) is 19.7 Å². The van der Waals surface area contributed by atoms with Crippen molar-refractivity contribution in [3.63, 3.8) is 0 Å². The first-order valence-corrected chi connectivity index (χ1v) is 6.08. The van der Waals surface area contributed by atoms with E-state index in [-0.39, 0.29) is 23.5 Å². The van der Waals surface area contributed by atoms with Crippen LogP contribution in [0.4, 0.5) is 5.69 Å². The first-order chi connectivity index (χ1) is 9.77. The van der Waals surface area contributed by atoms with Gasteiger partial charge < -0.3 is 14.7 Å². The van der Waals surface area contributed by atoms with Gasteiger partial charge in [-0.15, -0.1) is 0 Å². The Kier molecular flexibility index (Phi) is 5.23. The molecule has 8 heteroatoms. The molecule has 0 radical (unpaired) electrons. The van der Waals surface area contributed by atoms with Gasteiger partial charge in [0.1, 0.15) is 0 Å². The predicted molar refractivity (Wildman–Crippen MR) is 73.4 cm³/mol. The number of nitro benzene ring substituents is 1. The van der Waals surface area contributed by atoms with Crippen LogP contribution in [0.1, 0.15) is 17.3 Å². The van der Waals surface area contributed by atoms with Gasteiger partial charge in [0.05, 0.1) is 18.0 Å². The van der Waals surface area contributed by atoms with Crippen LogP contribution in [0, 0.1) is 16.0 Å². The fourth-order valence-electron chi connectivity index (χ4n) is 1.75. The number of hydrogen-bond acceptors (Lipinski definition) is 5. The summed E-state index contributed by atoms with van der Waals surface area (Å²) >= 11 is 0. The van der Waals surface area contributed by atoms with Gasteiger partial charge in [-0.25, -0.2) is 0 Å². The highest BCUT2D eigenvalue weighted by Gasteiger charge is 2.21. The second-order valence-corrected chi connectivity index (χ2v) is 4.57. The van der Waals surface area contributed by atoms with E-state index in [4.69, 9.17) is 9.84 Å². The van der Waals surface area contributed by atoms with Gasteiger partial charge in [0.2, 0.25) is 0 Å². The molecular formula is C13H16N2O6. The van der Waals surface area contributed by atoms with Gasteiger partial charge in [0, 0.05) is 31.3 Å². The highest BCUT2D eigenvalue weighted by atomic mass is 16.6. The lowest BCUT2D eigenvalue weighted by Gasteiger charge is -2.19. The summed E-state index contributed by atoms with van der Waals surface area (Å²) in [5, 5.41) is 19.6. The monoisotopic (exact) mass is 296 g/mol. The molecule has 0 saturated carbocycles. The van der Waals surface area contributed by atoms with Gasteiger partial charge in [-0.1, -0.05) is 6.92 Å². The number of aliphatic carboxylic acids is 1. The van der Waals surface area contributed by atoms with Gasteiger partial charge >= 0.3 is 11.7 Å². The highest BCUT2D eigenvalue weighted by Crippen LogP contribution is 2.27. The van der Waals surface area contributed by atoms with Crippen molar-refractivity contribution in [2.24, 2.45) is 5.92 Å². The van der Waals surface area contributed by atoms with Crippen LogP contribution in [0.3, 0.4) is 0 Å². The number of ether oxygens (including phenoxy) is 1. The third kappa shape index (κ3) is 3.91. The van der Waals surface area contributed by atoms with Crippen molar-refractivity contribution in [1.29, 1.82) is 0 Å². The Morgan fingerprint density at radius 1 is 1.48 bits per heavy atom. The van der Waals surface area contributed by atoms with Gasteiger partial charge in [0.15, 0.2) is 5.75 Å². The number of benzene rings is 1. The Morgan fingerprint density at radius 2 is 2.10 bits per heavy atom. The smallest absolute Gasteiger partial charge is 0.310 e. The second-order valence-electron chi connectivity index (χ2n) is 4.57. The van der Waals surface area contributed by atoms with E-state index in [1.54, 1.807) is 0 Å². The van der Waals surface area contributed by atoms with Crippen molar-refractivity contribution in [2.75, 3.05) is 20.7 Å². The zero-order valence-corrected chi connectivity index (χ0v) is 11.9. The van der Waals surface area contributed by atoms with E-state index in [1.807, 2.05) is 0 Å². The molecular weight excluding hydrogens is 280 g/mol. The summed E-state index contributed by atoms with van der Waals surface area (Å²) in [5.74, 6) is -2.17. The summed E-state index contributed by atoms with van der Waals surface area (Å²) in [5.41, 5.74) is -0.0480. The molecule has 0 aliphatic carbocycles. The van der Waals surface area contributed by atoms with Crippen molar-refractivity contribution in [1.82, 2.24) is 4.90 Å². The minimum atomic E-state index is -1.00. The lowest BCUT2D eigenvalue weighted by atomic mass is 10.1. The Balaban J connectivity index is 2.97. The molecule has 1 aromatic rings. The van der Waals surface area contributed by atoms with Gasteiger partial charge in [0.25, 0.3) is 5.91 Å². The molecule has 1 N–H and O–H groups in total. The number of carboxylic acids is 1. The quantitative estimate of drug-likeness (QED) is 0.627. The molecule has 1 rings (SSSR count). The number of nitro groups is 1. The average molecular weight is 296 g/mol. The lowest BCUT2D eigenvalue weighted by Crippen LogP contribution is -2.33. The summed E-state index contributed by atoms with van der Waals surface area (Å²) in [6, 6.07) is 3.76. The maximum atomic E-state index is 12.2. The number of methoxy groups -OCH3 is 1. The van der Waals surface area contributed by atoms with E-state index >= 15 is 0 Å². The summed E-state index contributed by atoms with van der Waals surface area (Å²) in [7, 11) is 2.74. The molecule has 0 aromatic heterocycles. The molecule has 21 heavy (non-hydrogen) atoms. The molecule has 0 aliphatic heterocycles. The number of hydrogen-bond donors (Lipinski definition) is 1.